The molecule has 1 saturated heterocycles. The van der Waals surface area contributed by atoms with E-state index in [4.69, 9.17) is 19.9 Å². The van der Waals surface area contributed by atoms with Crippen LogP contribution in [0.1, 0.15) is 12.8 Å². The number of rotatable bonds is 7. The minimum atomic E-state index is -0.537. The molecule has 3 N–H and O–H groups in total. The molecule has 0 aliphatic carbocycles. The van der Waals surface area contributed by atoms with Crippen molar-refractivity contribution in [3.05, 3.63) is 24.3 Å². The van der Waals surface area contributed by atoms with Crippen LogP contribution in [0.25, 0.3) is 0 Å². The minimum Gasteiger partial charge on any atom is -0.491 e. The van der Waals surface area contributed by atoms with Crippen molar-refractivity contribution in [2.45, 2.75) is 12.8 Å². The van der Waals surface area contributed by atoms with Gasteiger partial charge in [-0.15, -0.1) is 12.4 Å². The summed E-state index contributed by atoms with van der Waals surface area (Å²) < 4.78 is 15.8. The Kier molecular flexibility index (Phi) is 8.33. The molecule has 0 unspecified atom stereocenters. The SMILES string of the molecule is COCCOc1cccc(NC(=O)C2(CN)CCOCC2)c1.Cl. The summed E-state index contributed by atoms with van der Waals surface area (Å²) in [5.74, 6) is 0.649. The van der Waals surface area contributed by atoms with Crippen molar-refractivity contribution in [2.24, 2.45) is 11.1 Å². The van der Waals surface area contributed by atoms with Gasteiger partial charge >= 0.3 is 0 Å². The van der Waals surface area contributed by atoms with Crippen LogP contribution in [-0.4, -0.2) is 46.0 Å². The second-order valence-electron chi connectivity index (χ2n) is 5.42. The van der Waals surface area contributed by atoms with E-state index >= 15 is 0 Å². The van der Waals surface area contributed by atoms with E-state index in [1.54, 1.807) is 13.2 Å². The number of anilines is 1. The average Bonchev–Trinajstić information content (AvgIpc) is 2.56. The first-order valence-corrected chi connectivity index (χ1v) is 7.51. The molecule has 1 aliphatic heterocycles. The van der Waals surface area contributed by atoms with Crippen molar-refractivity contribution < 1.29 is 19.0 Å². The van der Waals surface area contributed by atoms with Gasteiger partial charge in [0.15, 0.2) is 0 Å². The lowest BCUT2D eigenvalue weighted by Crippen LogP contribution is -2.46. The molecule has 1 heterocycles. The van der Waals surface area contributed by atoms with E-state index in [-0.39, 0.29) is 18.3 Å². The highest BCUT2D eigenvalue weighted by Crippen LogP contribution is 2.31. The second-order valence-corrected chi connectivity index (χ2v) is 5.42. The molecule has 1 aromatic rings. The Morgan fingerprint density at radius 3 is 2.74 bits per heavy atom. The van der Waals surface area contributed by atoms with Gasteiger partial charge in [-0.05, 0) is 25.0 Å². The number of nitrogens with one attached hydrogen (secondary N) is 1. The van der Waals surface area contributed by atoms with Crippen LogP contribution in [0.2, 0.25) is 0 Å². The van der Waals surface area contributed by atoms with E-state index in [0.29, 0.717) is 57.3 Å². The number of benzene rings is 1. The highest BCUT2D eigenvalue weighted by molar-refractivity contribution is 5.95. The zero-order valence-electron chi connectivity index (χ0n) is 13.4. The molecule has 6 nitrogen and oxygen atoms in total. The summed E-state index contributed by atoms with van der Waals surface area (Å²) in [4.78, 5) is 12.6. The predicted octanol–water partition coefficient (Wildman–Crippen LogP) is 1.83. The van der Waals surface area contributed by atoms with E-state index in [0.717, 1.165) is 0 Å². The monoisotopic (exact) mass is 344 g/mol. The lowest BCUT2D eigenvalue weighted by atomic mass is 9.79. The first kappa shape index (κ1) is 19.7. The topological polar surface area (TPSA) is 82.8 Å². The minimum absolute atomic E-state index is 0. The smallest absolute Gasteiger partial charge is 0.232 e. The Labute approximate surface area is 143 Å². The summed E-state index contributed by atoms with van der Waals surface area (Å²) in [5, 5.41) is 2.95. The number of hydrogen-bond acceptors (Lipinski definition) is 5. The average molecular weight is 345 g/mol. The molecule has 0 saturated carbocycles. The Morgan fingerprint density at radius 1 is 1.35 bits per heavy atom. The molecule has 130 valence electrons. The lowest BCUT2D eigenvalue weighted by molar-refractivity contribution is -0.130. The van der Waals surface area contributed by atoms with Gasteiger partial charge in [-0.1, -0.05) is 6.07 Å². The van der Waals surface area contributed by atoms with E-state index in [9.17, 15) is 4.79 Å². The molecule has 0 bridgehead atoms. The van der Waals surface area contributed by atoms with E-state index in [1.807, 2.05) is 18.2 Å². The summed E-state index contributed by atoms with van der Waals surface area (Å²) in [5.41, 5.74) is 6.02. The van der Waals surface area contributed by atoms with E-state index in [1.165, 1.54) is 0 Å². The Bertz CT molecular complexity index is 493. The van der Waals surface area contributed by atoms with Crippen LogP contribution in [0.5, 0.6) is 5.75 Å². The molecule has 2 rings (SSSR count). The van der Waals surface area contributed by atoms with Crippen LogP contribution >= 0.6 is 12.4 Å². The van der Waals surface area contributed by atoms with Gasteiger partial charge in [0.05, 0.1) is 12.0 Å². The fraction of sp³-hybridized carbons (Fsp3) is 0.562. The van der Waals surface area contributed by atoms with Crippen LogP contribution < -0.4 is 15.8 Å². The summed E-state index contributed by atoms with van der Waals surface area (Å²) in [7, 11) is 1.63. The maximum atomic E-state index is 12.6. The molecule has 1 aliphatic rings. The summed E-state index contributed by atoms with van der Waals surface area (Å²) >= 11 is 0. The molecule has 0 radical (unpaired) electrons. The molecular formula is C16H25ClN2O4. The van der Waals surface area contributed by atoms with Crippen LogP contribution in [-0.2, 0) is 14.3 Å². The van der Waals surface area contributed by atoms with Crippen LogP contribution in [0.15, 0.2) is 24.3 Å². The number of ether oxygens (including phenoxy) is 3. The number of carbonyl (C=O) groups is 1. The Hall–Kier alpha value is -1.34. The normalized spacial score (nSPS) is 16.3. The number of nitrogens with two attached hydrogens (primary N) is 1. The highest BCUT2D eigenvalue weighted by Gasteiger charge is 2.38. The molecule has 0 aromatic heterocycles. The van der Waals surface area contributed by atoms with Gasteiger partial charge in [-0.25, -0.2) is 0 Å². The number of methoxy groups -OCH3 is 1. The van der Waals surface area contributed by atoms with Gasteiger partial charge in [-0.3, -0.25) is 4.79 Å². The van der Waals surface area contributed by atoms with E-state index in [2.05, 4.69) is 5.32 Å². The zero-order chi connectivity index (χ0) is 15.8. The van der Waals surface area contributed by atoms with E-state index < -0.39 is 5.41 Å². The quantitative estimate of drug-likeness (QED) is 0.737. The first-order valence-electron chi connectivity index (χ1n) is 7.51. The van der Waals surface area contributed by atoms with Crippen molar-refractivity contribution in [1.82, 2.24) is 0 Å². The number of amides is 1. The second kappa shape index (κ2) is 9.72. The molecule has 0 atom stereocenters. The van der Waals surface area contributed by atoms with Crippen molar-refractivity contribution in [3.8, 4) is 5.75 Å². The number of carbonyl (C=O) groups excluding carboxylic acids is 1. The maximum absolute atomic E-state index is 12.6. The van der Waals surface area contributed by atoms with Gasteiger partial charge in [0.25, 0.3) is 0 Å². The third-order valence-corrected chi connectivity index (χ3v) is 3.97. The zero-order valence-corrected chi connectivity index (χ0v) is 14.2. The molecule has 1 fully saturated rings. The standard InChI is InChI=1S/C16H24N2O4.ClH/c1-20-9-10-22-14-4-2-3-13(11-14)18-15(19)16(12-17)5-7-21-8-6-16;/h2-4,11H,5-10,12,17H2,1H3,(H,18,19);1H. The molecule has 1 amide bonds. The number of hydrogen-bond donors (Lipinski definition) is 2. The van der Waals surface area contributed by atoms with Gasteiger partial charge in [0, 0.05) is 38.6 Å². The van der Waals surface area contributed by atoms with Crippen molar-refractivity contribution >= 4 is 24.0 Å². The van der Waals surface area contributed by atoms with Crippen LogP contribution in [0, 0.1) is 5.41 Å². The summed E-state index contributed by atoms with van der Waals surface area (Å²) in [6.45, 7) is 2.46. The molecule has 7 heteroatoms. The van der Waals surface area contributed by atoms with Gasteiger partial charge < -0.3 is 25.3 Å². The first-order chi connectivity index (χ1) is 10.7. The van der Waals surface area contributed by atoms with Gasteiger partial charge in [0.2, 0.25) is 5.91 Å². The van der Waals surface area contributed by atoms with Crippen molar-refractivity contribution in [2.75, 3.05) is 45.4 Å². The third kappa shape index (κ3) is 5.35. The number of halogens is 1. The van der Waals surface area contributed by atoms with Crippen molar-refractivity contribution in [3.63, 3.8) is 0 Å². The molecule has 0 spiro atoms. The van der Waals surface area contributed by atoms with Gasteiger partial charge in [0.1, 0.15) is 12.4 Å². The van der Waals surface area contributed by atoms with Crippen molar-refractivity contribution in [1.29, 1.82) is 0 Å². The van der Waals surface area contributed by atoms with Crippen LogP contribution in [0.3, 0.4) is 0 Å². The van der Waals surface area contributed by atoms with Gasteiger partial charge in [-0.2, -0.15) is 0 Å². The summed E-state index contributed by atoms with van der Waals surface area (Å²) in [6, 6.07) is 7.33. The Balaban J connectivity index is 0.00000264. The highest BCUT2D eigenvalue weighted by atomic mass is 35.5. The molecule has 1 aromatic carbocycles. The summed E-state index contributed by atoms with van der Waals surface area (Å²) in [6.07, 6.45) is 1.30. The lowest BCUT2D eigenvalue weighted by Gasteiger charge is -2.34. The Morgan fingerprint density at radius 2 is 2.09 bits per heavy atom. The third-order valence-electron chi connectivity index (χ3n) is 3.97. The fourth-order valence-corrected chi connectivity index (χ4v) is 2.46. The van der Waals surface area contributed by atoms with Crippen LogP contribution in [0.4, 0.5) is 5.69 Å². The fourth-order valence-electron chi connectivity index (χ4n) is 2.46. The predicted molar refractivity (Wildman–Crippen MR) is 91.2 cm³/mol. The molecule has 23 heavy (non-hydrogen) atoms. The maximum Gasteiger partial charge on any atom is 0.232 e. The largest absolute Gasteiger partial charge is 0.491 e. The molecular weight excluding hydrogens is 320 g/mol.